The Morgan fingerprint density at radius 3 is 2.47 bits per heavy atom. The maximum absolute atomic E-state index is 14.0. The number of ether oxygens (including phenoxy) is 1. The van der Waals surface area contributed by atoms with Gasteiger partial charge in [0.25, 0.3) is 5.91 Å². The van der Waals surface area contributed by atoms with E-state index in [0.717, 1.165) is 54.6 Å². The summed E-state index contributed by atoms with van der Waals surface area (Å²) in [7, 11) is 0. The lowest BCUT2D eigenvalue weighted by Crippen LogP contribution is -2.42. The molecule has 2 aliphatic heterocycles. The molecule has 2 bridgehead atoms. The van der Waals surface area contributed by atoms with Crippen LogP contribution in [-0.4, -0.2) is 34.6 Å². The summed E-state index contributed by atoms with van der Waals surface area (Å²) in [5.74, 6) is -2.96. The van der Waals surface area contributed by atoms with Crippen LogP contribution in [0.5, 0.6) is 5.75 Å². The number of thioether (sulfide) groups is 1. The number of fused-ring (bicyclic) bond motifs is 10. The molecule has 258 valence electrons. The number of H-pyrrole nitrogens is 1. The number of hydrogen-bond acceptors (Lipinski definition) is 7. The van der Waals surface area contributed by atoms with E-state index in [9.17, 15) is 32.3 Å². The van der Waals surface area contributed by atoms with Crippen LogP contribution in [0.2, 0.25) is 0 Å². The first-order valence-electron chi connectivity index (χ1n) is 16.5. The van der Waals surface area contributed by atoms with Crippen molar-refractivity contribution in [3.8, 4) is 5.75 Å². The molecule has 3 fully saturated rings. The van der Waals surface area contributed by atoms with E-state index in [4.69, 9.17) is 4.74 Å². The molecule has 8 nitrogen and oxygen atoms in total. The molecule has 4 aliphatic rings. The second kappa shape index (κ2) is 11.8. The van der Waals surface area contributed by atoms with Crippen molar-refractivity contribution in [2.24, 2.45) is 29.6 Å². The molecule has 51 heavy (non-hydrogen) atoms. The summed E-state index contributed by atoms with van der Waals surface area (Å²) in [6, 6.07) is 25.2. The van der Waals surface area contributed by atoms with Crippen molar-refractivity contribution in [2.45, 2.75) is 28.8 Å². The number of carbonyl (C=O) groups is 3. The third kappa shape index (κ3) is 5.19. The molecular weight excluding hydrogens is 700 g/mol. The van der Waals surface area contributed by atoms with E-state index in [1.807, 2.05) is 60.7 Å². The normalized spacial score (nSPS) is 26.3. The number of nitrogens with zero attached hydrogens (tertiary/aromatic N) is 1. The zero-order valence-corrected chi connectivity index (χ0v) is 28.2. The molecular formula is C38H28F3N3O5S2. The van der Waals surface area contributed by atoms with Crippen LogP contribution in [-0.2, 0) is 20.6 Å². The standard InChI is InChI=1S/C38H28F3N3O5S2/c39-38(40,41)20-9-5-10-21(15-20)44-35(46)30-24-16-25(31(30)36(44)47)32-29(24)28(33-34(50-32)43-37(48)51-33)19-8-3-11-22(14-19)49-17-27(45)42-26-13-4-7-18-6-1-2-12-23(18)26/h1-15,24-25,28-32H,16-17H2,(H,42,45)(H,43,48)/t24-,25-,28+,29-,30+,31+,32-/m1/s1. The fraction of sp³-hybridized carbons (Fsp3) is 0.263. The first kappa shape index (κ1) is 32.1. The van der Waals surface area contributed by atoms with Crippen LogP contribution in [0.1, 0.15) is 28.3 Å². The smallest absolute Gasteiger partial charge is 0.416 e. The van der Waals surface area contributed by atoms with E-state index in [1.54, 1.807) is 6.07 Å². The highest BCUT2D eigenvalue weighted by molar-refractivity contribution is 8.00. The van der Waals surface area contributed by atoms with Crippen LogP contribution in [0, 0.1) is 29.6 Å². The lowest BCUT2D eigenvalue weighted by molar-refractivity contribution is -0.137. The molecule has 7 atom stereocenters. The summed E-state index contributed by atoms with van der Waals surface area (Å²) in [4.78, 5) is 58.1. The lowest BCUT2D eigenvalue weighted by atomic mass is 9.68. The summed E-state index contributed by atoms with van der Waals surface area (Å²) < 4.78 is 46.7. The van der Waals surface area contributed by atoms with Gasteiger partial charge in [0, 0.05) is 27.1 Å². The Balaban J connectivity index is 0.998. The molecule has 4 aromatic carbocycles. The number of anilines is 2. The Labute approximate surface area is 297 Å². The number of aromatic amines is 1. The Morgan fingerprint density at radius 1 is 0.902 bits per heavy atom. The molecule has 0 spiro atoms. The van der Waals surface area contributed by atoms with E-state index in [-0.39, 0.29) is 52.0 Å². The van der Waals surface area contributed by atoms with Gasteiger partial charge in [-0.1, -0.05) is 65.9 Å². The highest BCUT2D eigenvalue weighted by Gasteiger charge is 2.69. The minimum absolute atomic E-state index is 0.0708. The third-order valence-electron chi connectivity index (χ3n) is 10.8. The van der Waals surface area contributed by atoms with E-state index in [1.165, 1.54) is 23.9 Å². The molecule has 3 amide bonds. The van der Waals surface area contributed by atoms with Gasteiger partial charge in [0.15, 0.2) is 6.61 Å². The topological polar surface area (TPSA) is 109 Å². The Bertz CT molecular complexity index is 2320. The average molecular weight is 728 g/mol. The number of carbonyl (C=O) groups excluding carboxylic acids is 3. The number of benzene rings is 4. The van der Waals surface area contributed by atoms with Crippen molar-refractivity contribution in [1.82, 2.24) is 4.98 Å². The number of halogens is 3. The Hall–Kier alpha value is -4.88. The van der Waals surface area contributed by atoms with Gasteiger partial charge in [0.1, 0.15) is 5.75 Å². The van der Waals surface area contributed by atoms with Crippen LogP contribution in [0.3, 0.4) is 0 Å². The molecule has 0 unspecified atom stereocenters. The maximum atomic E-state index is 14.0. The van der Waals surface area contributed by atoms with Crippen LogP contribution < -0.4 is 19.8 Å². The van der Waals surface area contributed by atoms with Crippen LogP contribution in [0.25, 0.3) is 10.8 Å². The largest absolute Gasteiger partial charge is 0.484 e. The summed E-state index contributed by atoms with van der Waals surface area (Å²) in [6.45, 7) is -0.238. The van der Waals surface area contributed by atoms with E-state index >= 15 is 0 Å². The monoisotopic (exact) mass is 727 g/mol. The van der Waals surface area contributed by atoms with Gasteiger partial charge in [-0.2, -0.15) is 13.2 Å². The number of amides is 3. The Morgan fingerprint density at radius 2 is 1.65 bits per heavy atom. The molecule has 5 aromatic rings. The fourth-order valence-electron chi connectivity index (χ4n) is 8.93. The molecule has 0 radical (unpaired) electrons. The number of imide groups is 1. The van der Waals surface area contributed by atoms with Gasteiger partial charge < -0.3 is 15.0 Å². The van der Waals surface area contributed by atoms with Gasteiger partial charge in [-0.25, -0.2) is 0 Å². The third-order valence-corrected chi connectivity index (χ3v) is 13.4. The van der Waals surface area contributed by atoms with Crippen molar-refractivity contribution in [2.75, 3.05) is 16.8 Å². The second-order valence-corrected chi connectivity index (χ2v) is 15.7. The van der Waals surface area contributed by atoms with Crippen molar-refractivity contribution in [3.63, 3.8) is 0 Å². The molecule has 9 rings (SSSR count). The number of alkyl halides is 3. The van der Waals surface area contributed by atoms with Gasteiger partial charge in [-0.3, -0.25) is 24.1 Å². The van der Waals surface area contributed by atoms with E-state index in [2.05, 4.69) is 10.3 Å². The number of rotatable bonds is 6. The molecule has 1 saturated heterocycles. The molecule has 2 saturated carbocycles. The number of thiazole rings is 1. The van der Waals surface area contributed by atoms with Crippen LogP contribution >= 0.6 is 23.1 Å². The summed E-state index contributed by atoms with van der Waals surface area (Å²) in [6.07, 6.45) is -3.99. The summed E-state index contributed by atoms with van der Waals surface area (Å²) >= 11 is 2.64. The minimum Gasteiger partial charge on any atom is -0.484 e. The highest BCUT2D eigenvalue weighted by Crippen LogP contribution is 2.68. The predicted molar refractivity (Wildman–Crippen MR) is 187 cm³/mol. The fourth-order valence-corrected chi connectivity index (χ4v) is 11.8. The van der Waals surface area contributed by atoms with Crippen molar-refractivity contribution in [3.05, 3.63) is 117 Å². The van der Waals surface area contributed by atoms with Gasteiger partial charge in [-0.15, -0.1) is 11.8 Å². The van der Waals surface area contributed by atoms with Crippen LogP contribution in [0.4, 0.5) is 24.5 Å². The summed E-state index contributed by atoms with van der Waals surface area (Å²) in [5, 5.41) is 5.47. The van der Waals surface area contributed by atoms with Gasteiger partial charge in [0.05, 0.1) is 28.1 Å². The minimum atomic E-state index is -4.62. The molecule has 2 N–H and O–H groups in total. The second-order valence-electron chi connectivity index (χ2n) is 13.5. The van der Waals surface area contributed by atoms with Gasteiger partial charge >= 0.3 is 11.0 Å². The zero-order valence-electron chi connectivity index (χ0n) is 26.6. The SMILES string of the molecule is O=C(COc1cccc([C@@H]2c3sc(=O)[nH]c3S[C@@H]3[C@@H]4C[C@@H]([C@@H]5C(=O)N(c6cccc(C(F)(F)F)c6)C(=O)[C@@H]45)[C@H]23)c1)Nc1cccc2ccccc12. The molecule has 1 aromatic heterocycles. The number of hydrogen-bond donors (Lipinski definition) is 2. The highest BCUT2D eigenvalue weighted by atomic mass is 32.2. The maximum Gasteiger partial charge on any atom is 0.416 e. The van der Waals surface area contributed by atoms with Crippen molar-refractivity contribution < 1.29 is 32.3 Å². The van der Waals surface area contributed by atoms with Crippen LogP contribution in [0.15, 0.2) is 101 Å². The quantitative estimate of drug-likeness (QED) is 0.178. The molecule has 3 heterocycles. The average Bonchev–Trinajstić information content (AvgIpc) is 3.86. The Kier molecular flexibility index (Phi) is 7.44. The van der Waals surface area contributed by atoms with Gasteiger partial charge in [-0.05, 0) is 71.5 Å². The number of aromatic nitrogens is 1. The molecule has 13 heteroatoms. The van der Waals surface area contributed by atoms with E-state index in [0.29, 0.717) is 17.9 Å². The zero-order chi connectivity index (χ0) is 35.2. The molecule has 2 aliphatic carbocycles. The first-order valence-corrected chi connectivity index (χ1v) is 18.2. The number of nitrogens with one attached hydrogen (secondary N) is 2. The van der Waals surface area contributed by atoms with E-state index < -0.39 is 35.4 Å². The lowest BCUT2D eigenvalue weighted by Gasteiger charge is -2.43. The predicted octanol–water partition coefficient (Wildman–Crippen LogP) is 7.30. The van der Waals surface area contributed by atoms with Crippen molar-refractivity contribution >= 4 is 63.0 Å². The summed E-state index contributed by atoms with van der Waals surface area (Å²) in [5.41, 5.74) is 0.534. The first-order chi connectivity index (χ1) is 24.6. The van der Waals surface area contributed by atoms with Crippen molar-refractivity contribution in [1.29, 1.82) is 0 Å². The van der Waals surface area contributed by atoms with Gasteiger partial charge in [0.2, 0.25) is 11.8 Å².